The fourth-order valence-electron chi connectivity index (χ4n) is 5.84. The van der Waals surface area contributed by atoms with Crippen LogP contribution in [0.1, 0.15) is 49.4 Å². The van der Waals surface area contributed by atoms with Crippen molar-refractivity contribution in [1.29, 1.82) is 0 Å². The van der Waals surface area contributed by atoms with Gasteiger partial charge in [-0.05, 0) is 68.1 Å². The lowest BCUT2D eigenvalue weighted by Gasteiger charge is -2.30. The first-order valence-corrected chi connectivity index (χ1v) is 10.3. The van der Waals surface area contributed by atoms with Crippen molar-refractivity contribution in [2.45, 2.75) is 39.0 Å². The van der Waals surface area contributed by atoms with E-state index in [0.717, 1.165) is 45.2 Å². The summed E-state index contributed by atoms with van der Waals surface area (Å²) in [6.45, 7) is 3.77. The molecule has 4 aliphatic rings. The first kappa shape index (κ1) is 17.0. The third-order valence-electron chi connectivity index (χ3n) is 7.35. The maximum atomic E-state index is 13.0. The largest absolute Gasteiger partial charge is 0.339 e. The molecule has 5 heteroatoms. The number of hydrogen-bond acceptors (Lipinski definition) is 3. The summed E-state index contributed by atoms with van der Waals surface area (Å²) in [4.78, 5) is 42.2. The standard InChI is InChI=1S/C22H26N2O3/c1-13-7-9-23(10-8-13)20(25)16-3-2-4-17(12-16)24-21(26)18-14-5-6-15(11-14)19(18)22(24)27/h2-4,12-15,18-19H,5-11H2,1H3/t14-,15-,18-,19+/m0/s1. The molecule has 0 aromatic heterocycles. The van der Waals surface area contributed by atoms with Crippen LogP contribution in [0.3, 0.4) is 0 Å². The number of fused-ring (bicyclic) bond motifs is 5. The second-order valence-electron chi connectivity index (χ2n) is 8.92. The van der Waals surface area contributed by atoms with E-state index in [0.29, 0.717) is 29.0 Å². The Bertz CT molecular complexity index is 784. The summed E-state index contributed by atoms with van der Waals surface area (Å²) in [5, 5.41) is 0. The highest BCUT2D eigenvalue weighted by molar-refractivity contribution is 6.22. The molecule has 0 spiro atoms. The van der Waals surface area contributed by atoms with E-state index in [-0.39, 0.29) is 29.6 Å². The van der Waals surface area contributed by atoms with Crippen molar-refractivity contribution in [2.24, 2.45) is 29.6 Å². The molecule has 2 bridgehead atoms. The van der Waals surface area contributed by atoms with Crippen LogP contribution in [0.15, 0.2) is 24.3 Å². The topological polar surface area (TPSA) is 57.7 Å². The van der Waals surface area contributed by atoms with Gasteiger partial charge in [-0.2, -0.15) is 0 Å². The Morgan fingerprint density at radius 2 is 1.59 bits per heavy atom. The van der Waals surface area contributed by atoms with E-state index in [2.05, 4.69) is 6.92 Å². The molecule has 2 saturated heterocycles. The van der Waals surface area contributed by atoms with Crippen molar-refractivity contribution in [1.82, 2.24) is 4.90 Å². The lowest BCUT2D eigenvalue weighted by molar-refractivity contribution is -0.123. The Kier molecular flexibility index (Phi) is 3.88. The van der Waals surface area contributed by atoms with Gasteiger partial charge in [0.05, 0.1) is 17.5 Å². The molecule has 5 rings (SSSR count). The van der Waals surface area contributed by atoms with Crippen LogP contribution in [-0.2, 0) is 9.59 Å². The van der Waals surface area contributed by atoms with Crippen LogP contribution < -0.4 is 4.90 Å². The number of anilines is 1. The van der Waals surface area contributed by atoms with E-state index >= 15 is 0 Å². The van der Waals surface area contributed by atoms with Crippen LogP contribution in [0.5, 0.6) is 0 Å². The zero-order valence-corrected chi connectivity index (χ0v) is 15.8. The molecular formula is C22H26N2O3. The van der Waals surface area contributed by atoms with E-state index in [4.69, 9.17) is 0 Å². The molecule has 0 N–H and O–H groups in total. The molecule has 0 unspecified atom stereocenters. The number of rotatable bonds is 2. The van der Waals surface area contributed by atoms with Crippen LogP contribution >= 0.6 is 0 Å². The van der Waals surface area contributed by atoms with E-state index in [9.17, 15) is 14.4 Å². The van der Waals surface area contributed by atoms with Crippen molar-refractivity contribution in [3.8, 4) is 0 Å². The molecule has 2 aliphatic heterocycles. The summed E-state index contributed by atoms with van der Waals surface area (Å²) in [5.41, 5.74) is 1.14. The van der Waals surface area contributed by atoms with Crippen molar-refractivity contribution in [3.63, 3.8) is 0 Å². The molecule has 2 heterocycles. The molecule has 4 fully saturated rings. The fraction of sp³-hybridized carbons (Fsp3) is 0.591. The van der Waals surface area contributed by atoms with Gasteiger partial charge in [0.15, 0.2) is 0 Å². The number of carbonyl (C=O) groups is 3. The number of imide groups is 1. The lowest BCUT2D eigenvalue weighted by Crippen LogP contribution is -2.38. The summed E-state index contributed by atoms with van der Waals surface area (Å²) in [6.07, 6.45) is 5.24. The maximum absolute atomic E-state index is 13.0. The molecule has 27 heavy (non-hydrogen) atoms. The number of nitrogens with zero attached hydrogens (tertiary/aromatic N) is 2. The van der Waals surface area contributed by atoms with Crippen LogP contribution in [0.25, 0.3) is 0 Å². The quantitative estimate of drug-likeness (QED) is 0.756. The highest BCUT2D eigenvalue weighted by atomic mass is 16.2. The molecule has 2 saturated carbocycles. The van der Waals surface area contributed by atoms with Gasteiger partial charge in [-0.3, -0.25) is 19.3 Å². The van der Waals surface area contributed by atoms with Gasteiger partial charge in [-0.25, -0.2) is 0 Å². The Morgan fingerprint density at radius 3 is 2.22 bits per heavy atom. The Balaban J connectivity index is 1.40. The van der Waals surface area contributed by atoms with E-state index in [1.165, 1.54) is 4.90 Å². The number of carbonyl (C=O) groups excluding carboxylic acids is 3. The van der Waals surface area contributed by atoms with Gasteiger partial charge in [-0.1, -0.05) is 13.0 Å². The molecule has 1 aromatic rings. The van der Waals surface area contributed by atoms with Crippen LogP contribution in [0.4, 0.5) is 5.69 Å². The summed E-state index contributed by atoms with van der Waals surface area (Å²) in [5.74, 6) is 1.07. The van der Waals surface area contributed by atoms with Crippen molar-refractivity contribution < 1.29 is 14.4 Å². The van der Waals surface area contributed by atoms with Gasteiger partial charge in [-0.15, -0.1) is 0 Å². The highest BCUT2D eigenvalue weighted by Gasteiger charge is 2.61. The molecule has 3 amide bonds. The number of likely N-dealkylation sites (tertiary alicyclic amines) is 1. The van der Waals surface area contributed by atoms with Gasteiger partial charge in [0, 0.05) is 18.7 Å². The predicted molar refractivity (Wildman–Crippen MR) is 101 cm³/mol. The van der Waals surface area contributed by atoms with Crippen LogP contribution in [0.2, 0.25) is 0 Å². The molecule has 142 valence electrons. The number of amides is 3. The maximum Gasteiger partial charge on any atom is 0.253 e. The monoisotopic (exact) mass is 366 g/mol. The smallest absolute Gasteiger partial charge is 0.253 e. The lowest BCUT2D eigenvalue weighted by atomic mass is 9.81. The average molecular weight is 366 g/mol. The van der Waals surface area contributed by atoms with Gasteiger partial charge >= 0.3 is 0 Å². The Hall–Kier alpha value is -2.17. The third-order valence-corrected chi connectivity index (χ3v) is 7.35. The first-order valence-electron chi connectivity index (χ1n) is 10.3. The third kappa shape index (κ3) is 2.54. The summed E-state index contributed by atoms with van der Waals surface area (Å²) >= 11 is 0. The summed E-state index contributed by atoms with van der Waals surface area (Å²) in [6, 6.07) is 7.10. The first-order chi connectivity index (χ1) is 13.0. The van der Waals surface area contributed by atoms with Gasteiger partial charge in [0.2, 0.25) is 11.8 Å². The van der Waals surface area contributed by atoms with Crippen molar-refractivity contribution in [3.05, 3.63) is 29.8 Å². The molecule has 5 nitrogen and oxygen atoms in total. The van der Waals surface area contributed by atoms with Crippen LogP contribution in [-0.4, -0.2) is 35.7 Å². The summed E-state index contributed by atoms with van der Waals surface area (Å²) in [7, 11) is 0. The number of piperidine rings is 1. The fourth-order valence-corrected chi connectivity index (χ4v) is 5.84. The number of benzene rings is 1. The molecule has 0 radical (unpaired) electrons. The zero-order chi connectivity index (χ0) is 18.7. The second-order valence-corrected chi connectivity index (χ2v) is 8.92. The Labute approximate surface area is 159 Å². The highest BCUT2D eigenvalue weighted by Crippen LogP contribution is 2.56. The minimum absolute atomic E-state index is 0.00288. The molecule has 1 aromatic carbocycles. The van der Waals surface area contributed by atoms with Gasteiger partial charge in [0.1, 0.15) is 0 Å². The molecule has 2 aliphatic carbocycles. The van der Waals surface area contributed by atoms with Gasteiger partial charge < -0.3 is 4.90 Å². The minimum Gasteiger partial charge on any atom is -0.339 e. The average Bonchev–Trinajstić information content (AvgIpc) is 3.36. The minimum atomic E-state index is -0.126. The molecular weight excluding hydrogens is 340 g/mol. The van der Waals surface area contributed by atoms with E-state index in [1.807, 2.05) is 4.90 Å². The van der Waals surface area contributed by atoms with Crippen molar-refractivity contribution in [2.75, 3.05) is 18.0 Å². The zero-order valence-electron chi connectivity index (χ0n) is 15.8. The molecule has 4 atom stereocenters. The van der Waals surface area contributed by atoms with Gasteiger partial charge in [0.25, 0.3) is 5.91 Å². The van der Waals surface area contributed by atoms with E-state index < -0.39 is 0 Å². The Morgan fingerprint density at radius 1 is 0.963 bits per heavy atom. The second kappa shape index (κ2) is 6.18. The van der Waals surface area contributed by atoms with Crippen LogP contribution in [0, 0.1) is 29.6 Å². The van der Waals surface area contributed by atoms with E-state index in [1.54, 1.807) is 24.3 Å². The predicted octanol–water partition coefficient (Wildman–Crippen LogP) is 3.09. The normalized spacial score (nSPS) is 33.1. The SMILES string of the molecule is CC1CCN(C(=O)c2cccc(N3C(=O)[C@@H]4[C@H]5CC[C@@H](C5)[C@@H]4C3=O)c2)CC1. The number of hydrogen-bond donors (Lipinski definition) is 0. The van der Waals surface area contributed by atoms with Crippen molar-refractivity contribution >= 4 is 23.4 Å². The summed E-state index contributed by atoms with van der Waals surface area (Å²) < 4.78 is 0.